The Balaban J connectivity index is 1.80. The number of benzene rings is 2. The molecule has 1 fully saturated rings. The van der Waals surface area contributed by atoms with Crippen LogP contribution in [-0.4, -0.2) is 28.6 Å². The van der Waals surface area contributed by atoms with Gasteiger partial charge in [-0.25, -0.2) is 12.8 Å². The number of halogens is 1. The first-order chi connectivity index (χ1) is 12.0. The summed E-state index contributed by atoms with van der Waals surface area (Å²) in [5, 5.41) is 0. The van der Waals surface area contributed by atoms with Gasteiger partial charge in [0.15, 0.2) is 0 Å². The van der Waals surface area contributed by atoms with Crippen LogP contribution < -0.4 is 14.4 Å². The van der Waals surface area contributed by atoms with Crippen LogP contribution in [-0.2, 0) is 10.0 Å². The van der Waals surface area contributed by atoms with Crippen molar-refractivity contribution in [2.75, 3.05) is 29.8 Å². The monoisotopic (exact) mass is 364 g/mol. The van der Waals surface area contributed by atoms with Crippen molar-refractivity contribution in [2.45, 2.75) is 24.2 Å². The van der Waals surface area contributed by atoms with Crippen molar-refractivity contribution in [3.63, 3.8) is 0 Å². The zero-order chi connectivity index (χ0) is 17.9. The van der Waals surface area contributed by atoms with E-state index in [2.05, 4.69) is 9.62 Å². The highest BCUT2D eigenvalue weighted by Gasteiger charge is 2.21. The van der Waals surface area contributed by atoms with E-state index in [0.717, 1.165) is 30.9 Å². The standard InChI is InChI=1S/C18H21FN2O3S/c1-24-17-10-5-14(19)13-18(17)25(22,23)20-15-6-8-16(9-7-15)21-11-3-2-4-12-21/h5-10,13,20H,2-4,11-12H2,1H3. The number of piperidine rings is 1. The molecule has 25 heavy (non-hydrogen) atoms. The van der Waals surface area contributed by atoms with Crippen LogP contribution in [0.1, 0.15) is 19.3 Å². The number of sulfonamides is 1. The molecule has 0 spiro atoms. The van der Waals surface area contributed by atoms with E-state index in [0.29, 0.717) is 5.69 Å². The maximum Gasteiger partial charge on any atom is 0.265 e. The zero-order valence-corrected chi connectivity index (χ0v) is 14.9. The zero-order valence-electron chi connectivity index (χ0n) is 14.0. The van der Waals surface area contributed by atoms with Gasteiger partial charge in [0.25, 0.3) is 10.0 Å². The third-order valence-corrected chi connectivity index (χ3v) is 5.66. The molecule has 0 unspecified atom stereocenters. The molecule has 5 nitrogen and oxygen atoms in total. The Kier molecular flexibility index (Phi) is 5.13. The predicted molar refractivity (Wildman–Crippen MR) is 96.3 cm³/mol. The fourth-order valence-electron chi connectivity index (χ4n) is 2.96. The second-order valence-electron chi connectivity index (χ2n) is 6.00. The van der Waals surface area contributed by atoms with Crippen molar-refractivity contribution in [1.29, 1.82) is 0 Å². The summed E-state index contributed by atoms with van der Waals surface area (Å²) in [5.41, 5.74) is 1.50. The van der Waals surface area contributed by atoms with Crippen molar-refractivity contribution in [1.82, 2.24) is 0 Å². The molecular formula is C18H21FN2O3S. The lowest BCUT2D eigenvalue weighted by atomic mass is 10.1. The Morgan fingerprint density at radius 2 is 1.72 bits per heavy atom. The lowest BCUT2D eigenvalue weighted by Crippen LogP contribution is -2.29. The molecule has 134 valence electrons. The van der Waals surface area contributed by atoms with Gasteiger partial charge < -0.3 is 9.64 Å². The predicted octanol–water partition coefficient (Wildman–Crippen LogP) is 3.63. The number of methoxy groups -OCH3 is 1. The van der Waals surface area contributed by atoms with Crippen LogP contribution >= 0.6 is 0 Å². The summed E-state index contributed by atoms with van der Waals surface area (Å²) >= 11 is 0. The van der Waals surface area contributed by atoms with Crippen molar-refractivity contribution in [3.05, 3.63) is 48.3 Å². The first kappa shape index (κ1) is 17.5. The Labute approximate surface area is 147 Å². The Morgan fingerprint density at radius 1 is 1.04 bits per heavy atom. The topological polar surface area (TPSA) is 58.6 Å². The first-order valence-corrected chi connectivity index (χ1v) is 9.69. The molecule has 0 aliphatic carbocycles. The van der Waals surface area contributed by atoms with Crippen LogP contribution in [0.15, 0.2) is 47.4 Å². The maximum absolute atomic E-state index is 13.5. The molecule has 0 saturated carbocycles. The number of rotatable bonds is 5. The molecule has 0 aromatic heterocycles. The van der Waals surface area contributed by atoms with Gasteiger partial charge in [-0.3, -0.25) is 4.72 Å². The molecule has 1 heterocycles. The fourth-order valence-corrected chi connectivity index (χ4v) is 4.20. The molecule has 1 aliphatic heterocycles. The van der Waals surface area contributed by atoms with Crippen LogP contribution in [0.2, 0.25) is 0 Å². The van der Waals surface area contributed by atoms with E-state index in [9.17, 15) is 12.8 Å². The number of nitrogens with zero attached hydrogens (tertiary/aromatic N) is 1. The highest BCUT2D eigenvalue weighted by atomic mass is 32.2. The molecule has 0 bridgehead atoms. The van der Waals surface area contributed by atoms with Gasteiger partial charge in [-0.2, -0.15) is 0 Å². The third-order valence-electron chi connectivity index (χ3n) is 4.26. The van der Waals surface area contributed by atoms with Gasteiger partial charge in [0.2, 0.25) is 0 Å². The molecular weight excluding hydrogens is 343 g/mol. The smallest absolute Gasteiger partial charge is 0.265 e. The third kappa shape index (κ3) is 4.04. The van der Waals surface area contributed by atoms with Crippen molar-refractivity contribution in [2.24, 2.45) is 0 Å². The number of anilines is 2. The summed E-state index contributed by atoms with van der Waals surface area (Å²) < 4.78 is 46.1. The van der Waals surface area contributed by atoms with E-state index in [-0.39, 0.29) is 10.6 Å². The quantitative estimate of drug-likeness (QED) is 0.880. The normalized spacial score (nSPS) is 15.0. The summed E-state index contributed by atoms with van der Waals surface area (Å²) in [5.74, 6) is -0.541. The van der Waals surface area contributed by atoms with Gasteiger partial charge in [0.05, 0.1) is 7.11 Å². The highest BCUT2D eigenvalue weighted by molar-refractivity contribution is 7.92. The second kappa shape index (κ2) is 7.31. The van der Waals surface area contributed by atoms with E-state index < -0.39 is 15.8 Å². The molecule has 0 radical (unpaired) electrons. The minimum Gasteiger partial charge on any atom is -0.495 e. The van der Waals surface area contributed by atoms with Gasteiger partial charge in [-0.05, 0) is 61.7 Å². The van der Waals surface area contributed by atoms with Crippen LogP contribution in [0.5, 0.6) is 5.75 Å². The molecule has 0 amide bonds. The van der Waals surface area contributed by atoms with E-state index in [1.807, 2.05) is 12.1 Å². The summed E-state index contributed by atoms with van der Waals surface area (Å²) in [7, 11) is -2.60. The van der Waals surface area contributed by atoms with E-state index in [1.54, 1.807) is 12.1 Å². The van der Waals surface area contributed by atoms with E-state index in [1.165, 1.54) is 32.4 Å². The van der Waals surface area contributed by atoms with Gasteiger partial charge in [-0.15, -0.1) is 0 Å². The number of hydrogen-bond acceptors (Lipinski definition) is 4. The van der Waals surface area contributed by atoms with Crippen LogP contribution in [0, 0.1) is 5.82 Å². The molecule has 3 rings (SSSR count). The van der Waals surface area contributed by atoms with Crippen molar-refractivity contribution < 1.29 is 17.5 Å². The minimum absolute atomic E-state index is 0.0961. The van der Waals surface area contributed by atoms with Gasteiger partial charge in [0, 0.05) is 24.5 Å². The van der Waals surface area contributed by atoms with Gasteiger partial charge >= 0.3 is 0 Å². The van der Waals surface area contributed by atoms with Crippen LogP contribution in [0.3, 0.4) is 0 Å². The number of ether oxygens (including phenoxy) is 1. The summed E-state index contributed by atoms with van der Waals surface area (Å²) in [6.45, 7) is 2.04. The number of nitrogens with one attached hydrogen (secondary N) is 1. The highest BCUT2D eigenvalue weighted by Crippen LogP contribution is 2.28. The molecule has 1 saturated heterocycles. The average molecular weight is 364 g/mol. The van der Waals surface area contributed by atoms with E-state index >= 15 is 0 Å². The Bertz CT molecular complexity index is 832. The SMILES string of the molecule is COc1ccc(F)cc1S(=O)(=O)Nc1ccc(N2CCCCC2)cc1. The second-order valence-corrected chi connectivity index (χ2v) is 7.65. The van der Waals surface area contributed by atoms with Crippen LogP contribution in [0.25, 0.3) is 0 Å². The minimum atomic E-state index is -3.94. The Morgan fingerprint density at radius 3 is 2.36 bits per heavy atom. The lowest BCUT2D eigenvalue weighted by molar-refractivity contribution is 0.401. The largest absolute Gasteiger partial charge is 0.495 e. The maximum atomic E-state index is 13.5. The molecule has 0 atom stereocenters. The van der Waals surface area contributed by atoms with Crippen LogP contribution in [0.4, 0.5) is 15.8 Å². The molecule has 1 N–H and O–H groups in total. The molecule has 7 heteroatoms. The molecule has 2 aromatic rings. The fraction of sp³-hybridized carbons (Fsp3) is 0.333. The average Bonchev–Trinajstić information content (AvgIpc) is 2.63. The van der Waals surface area contributed by atoms with E-state index in [4.69, 9.17) is 4.74 Å². The van der Waals surface area contributed by atoms with Crippen molar-refractivity contribution in [3.8, 4) is 5.75 Å². The molecule has 1 aliphatic rings. The summed E-state index contributed by atoms with van der Waals surface area (Å²) in [4.78, 5) is 2.06. The molecule has 2 aromatic carbocycles. The lowest BCUT2D eigenvalue weighted by Gasteiger charge is -2.28. The first-order valence-electron chi connectivity index (χ1n) is 8.21. The van der Waals surface area contributed by atoms with Crippen molar-refractivity contribution >= 4 is 21.4 Å². The summed E-state index contributed by atoms with van der Waals surface area (Å²) in [6, 6.07) is 10.6. The van der Waals surface area contributed by atoms with Gasteiger partial charge in [0.1, 0.15) is 16.5 Å². The number of hydrogen-bond donors (Lipinski definition) is 1. The van der Waals surface area contributed by atoms with Gasteiger partial charge in [-0.1, -0.05) is 0 Å². The Hall–Kier alpha value is -2.28. The summed E-state index contributed by atoms with van der Waals surface area (Å²) in [6.07, 6.45) is 3.60.